The van der Waals surface area contributed by atoms with Gasteiger partial charge in [-0.2, -0.15) is 0 Å². The number of halogens is 1. The third-order valence-corrected chi connectivity index (χ3v) is 9.51. The van der Waals surface area contributed by atoms with E-state index in [1.165, 1.54) is 12.7 Å². The number of anilines is 2. The van der Waals surface area contributed by atoms with Crippen LogP contribution < -0.4 is 9.80 Å². The van der Waals surface area contributed by atoms with Crippen molar-refractivity contribution in [2.45, 2.75) is 58.9 Å². The van der Waals surface area contributed by atoms with E-state index in [1.807, 2.05) is 24.1 Å². The molecule has 0 bridgehead atoms. The van der Waals surface area contributed by atoms with Gasteiger partial charge in [-0.1, -0.05) is 25.5 Å². The molecule has 2 aromatic carbocycles. The van der Waals surface area contributed by atoms with Gasteiger partial charge in [0.2, 0.25) is 5.91 Å². The highest BCUT2D eigenvalue weighted by molar-refractivity contribution is 7.17. The molecule has 0 saturated carbocycles. The van der Waals surface area contributed by atoms with Gasteiger partial charge in [-0.25, -0.2) is 4.39 Å². The molecule has 5 rings (SSSR count). The zero-order valence-corrected chi connectivity index (χ0v) is 24.9. The monoisotopic (exact) mass is 565 g/mol. The number of methoxy groups -OCH3 is 1. The summed E-state index contributed by atoms with van der Waals surface area (Å²) in [6.07, 6.45) is 3.65. The minimum absolute atomic E-state index is 0.0771. The Morgan fingerprint density at radius 2 is 1.85 bits per heavy atom. The molecule has 1 atom stereocenters. The number of amides is 1. The Morgan fingerprint density at radius 1 is 1.07 bits per heavy atom. The van der Waals surface area contributed by atoms with Gasteiger partial charge in [0.1, 0.15) is 5.82 Å². The van der Waals surface area contributed by atoms with E-state index in [0.29, 0.717) is 6.42 Å². The quantitative estimate of drug-likeness (QED) is 0.296. The minimum atomic E-state index is -0.818. The van der Waals surface area contributed by atoms with E-state index in [2.05, 4.69) is 41.0 Å². The van der Waals surface area contributed by atoms with E-state index in [-0.39, 0.29) is 23.7 Å². The molecule has 2 aliphatic heterocycles. The van der Waals surface area contributed by atoms with Crippen molar-refractivity contribution < 1.29 is 18.7 Å². The number of piperazine rings is 1. The van der Waals surface area contributed by atoms with Crippen LogP contribution in [0.15, 0.2) is 41.8 Å². The number of aryl methyl sites for hydroxylation is 1. The van der Waals surface area contributed by atoms with Crippen LogP contribution in [0.4, 0.5) is 15.8 Å². The Balaban J connectivity index is 1.28. The number of carbonyl (C=O) groups is 2. The first kappa shape index (κ1) is 28.6. The molecule has 3 heterocycles. The second kappa shape index (κ2) is 11.9. The molecule has 1 fully saturated rings. The number of nitrogens with zero attached hydrogens (tertiary/aromatic N) is 3. The molecular weight excluding hydrogens is 525 g/mol. The molecular formula is C32H40FN3O3S. The molecule has 1 amide bonds. The minimum Gasteiger partial charge on any atom is -0.469 e. The van der Waals surface area contributed by atoms with Crippen molar-refractivity contribution in [3.63, 3.8) is 0 Å². The smallest absolute Gasteiger partial charge is 0.313 e. The topological polar surface area (TPSA) is 53.1 Å². The van der Waals surface area contributed by atoms with Crippen molar-refractivity contribution in [2.24, 2.45) is 5.41 Å². The predicted molar refractivity (Wildman–Crippen MR) is 161 cm³/mol. The molecule has 214 valence electrons. The van der Waals surface area contributed by atoms with E-state index >= 15 is 0 Å². The lowest BCUT2D eigenvalue weighted by Gasteiger charge is -2.43. The summed E-state index contributed by atoms with van der Waals surface area (Å²) in [5.41, 5.74) is 3.47. The molecule has 1 saturated heterocycles. The van der Waals surface area contributed by atoms with E-state index in [4.69, 9.17) is 4.74 Å². The third-order valence-electron chi connectivity index (χ3n) is 8.65. The highest BCUT2D eigenvalue weighted by Gasteiger charge is 2.44. The summed E-state index contributed by atoms with van der Waals surface area (Å²) in [5.74, 6) is -0.393. The van der Waals surface area contributed by atoms with Crippen LogP contribution in [0.3, 0.4) is 0 Å². The maximum absolute atomic E-state index is 14.2. The molecule has 3 aromatic rings. The van der Waals surface area contributed by atoms with Gasteiger partial charge >= 0.3 is 5.97 Å². The Hall–Kier alpha value is -2.97. The lowest BCUT2D eigenvalue weighted by atomic mass is 9.79. The van der Waals surface area contributed by atoms with Gasteiger partial charge in [-0.3, -0.25) is 14.5 Å². The Bertz CT molecular complexity index is 1380. The van der Waals surface area contributed by atoms with Gasteiger partial charge in [0, 0.05) is 60.6 Å². The summed E-state index contributed by atoms with van der Waals surface area (Å²) in [6, 6.07) is 11.6. The van der Waals surface area contributed by atoms with Gasteiger partial charge in [-0.05, 0) is 73.9 Å². The lowest BCUT2D eigenvalue weighted by molar-refractivity contribution is -0.152. The normalized spacial score (nSPS) is 17.3. The van der Waals surface area contributed by atoms with Crippen LogP contribution in [0.5, 0.6) is 0 Å². The average Bonchev–Trinajstić information content (AvgIpc) is 3.43. The summed E-state index contributed by atoms with van der Waals surface area (Å²) in [6.45, 7) is 10.3. The Labute approximate surface area is 240 Å². The van der Waals surface area contributed by atoms with E-state index < -0.39 is 5.41 Å². The fraction of sp³-hybridized carbons (Fsp3) is 0.500. The van der Waals surface area contributed by atoms with Crippen molar-refractivity contribution in [3.05, 3.63) is 58.7 Å². The second-order valence-corrected chi connectivity index (χ2v) is 12.5. The molecule has 0 spiro atoms. The Morgan fingerprint density at radius 3 is 2.58 bits per heavy atom. The highest BCUT2D eigenvalue weighted by Crippen LogP contribution is 2.39. The largest absolute Gasteiger partial charge is 0.469 e. The first-order valence-corrected chi connectivity index (χ1v) is 15.3. The SMILES string of the molecule is CCCC(N1C(=O)CCc2ccc(CCN3CCN(c4cc(F)cc5sccc45)CC3)cc21)C(C)(C)C(=O)OC. The van der Waals surface area contributed by atoms with E-state index in [1.54, 1.807) is 23.5 Å². The lowest BCUT2D eigenvalue weighted by Crippen LogP contribution is -2.53. The summed E-state index contributed by atoms with van der Waals surface area (Å²) in [4.78, 5) is 32.7. The number of rotatable bonds is 9. The molecule has 0 radical (unpaired) electrons. The van der Waals surface area contributed by atoms with Gasteiger partial charge in [0.05, 0.1) is 18.6 Å². The fourth-order valence-electron chi connectivity index (χ4n) is 6.30. The molecule has 6 nitrogen and oxygen atoms in total. The second-order valence-electron chi connectivity index (χ2n) is 11.6. The molecule has 1 unspecified atom stereocenters. The van der Waals surface area contributed by atoms with Crippen LogP contribution in [0, 0.1) is 11.2 Å². The first-order valence-electron chi connectivity index (χ1n) is 14.4. The summed E-state index contributed by atoms with van der Waals surface area (Å²) >= 11 is 1.58. The number of benzene rings is 2. The number of thiophene rings is 1. The summed E-state index contributed by atoms with van der Waals surface area (Å²) in [7, 11) is 1.41. The van der Waals surface area contributed by atoms with Crippen molar-refractivity contribution >= 4 is 44.7 Å². The van der Waals surface area contributed by atoms with Gasteiger partial charge < -0.3 is 14.5 Å². The van der Waals surface area contributed by atoms with Crippen LogP contribution in [0.2, 0.25) is 0 Å². The van der Waals surface area contributed by atoms with Crippen molar-refractivity contribution in [2.75, 3.05) is 49.6 Å². The van der Waals surface area contributed by atoms with Gasteiger partial charge in [0.15, 0.2) is 0 Å². The molecule has 1 aromatic heterocycles. The summed E-state index contributed by atoms with van der Waals surface area (Å²) in [5, 5.41) is 3.16. The zero-order chi connectivity index (χ0) is 28.4. The molecule has 2 aliphatic rings. The maximum Gasteiger partial charge on any atom is 0.313 e. The van der Waals surface area contributed by atoms with Gasteiger partial charge in [0.25, 0.3) is 0 Å². The standard InChI is InChI=1S/C32H40FN3O3S/c1-5-6-29(32(2,3)31(38)39-4)36-26-19-22(7-8-23(26)9-10-30(36)37)11-13-34-14-16-35(17-15-34)27-20-24(33)21-28-25(27)12-18-40-28/h7-8,12,18-21,29H,5-6,9-11,13-17H2,1-4H3. The first-order chi connectivity index (χ1) is 19.2. The predicted octanol–water partition coefficient (Wildman–Crippen LogP) is 6.05. The molecule has 8 heteroatoms. The number of hydrogen-bond acceptors (Lipinski definition) is 6. The van der Waals surface area contributed by atoms with Gasteiger partial charge in [-0.15, -0.1) is 11.3 Å². The number of esters is 1. The fourth-order valence-corrected chi connectivity index (χ4v) is 7.14. The number of hydrogen-bond donors (Lipinski definition) is 0. The van der Waals surface area contributed by atoms with Crippen LogP contribution in [0.25, 0.3) is 10.1 Å². The van der Waals surface area contributed by atoms with Crippen LogP contribution >= 0.6 is 11.3 Å². The number of carbonyl (C=O) groups excluding carboxylic acids is 2. The maximum atomic E-state index is 14.2. The zero-order valence-electron chi connectivity index (χ0n) is 24.0. The average molecular weight is 566 g/mol. The van der Waals surface area contributed by atoms with Crippen molar-refractivity contribution in [1.82, 2.24) is 4.90 Å². The van der Waals surface area contributed by atoms with E-state index in [9.17, 15) is 14.0 Å². The van der Waals surface area contributed by atoms with E-state index in [0.717, 1.165) is 85.4 Å². The highest BCUT2D eigenvalue weighted by atomic mass is 32.1. The number of fused-ring (bicyclic) bond motifs is 2. The molecule has 0 aliphatic carbocycles. The third kappa shape index (κ3) is 5.61. The van der Waals surface area contributed by atoms with Crippen LogP contribution in [0.1, 0.15) is 51.2 Å². The van der Waals surface area contributed by atoms with Crippen molar-refractivity contribution in [1.29, 1.82) is 0 Å². The van der Waals surface area contributed by atoms with Crippen molar-refractivity contribution in [3.8, 4) is 0 Å². The molecule has 40 heavy (non-hydrogen) atoms. The van der Waals surface area contributed by atoms with Crippen LogP contribution in [-0.2, 0) is 27.2 Å². The molecule has 0 N–H and O–H groups in total. The summed E-state index contributed by atoms with van der Waals surface area (Å²) < 4.78 is 20.4. The number of ether oxygens (including phenoxy) is 1. The van der Waals surface area contributed by atoms with Crippen LogP contribution in [-0.4, -0.2) is 62.7 Å². The Kier molecular flexibility index (Phi) is 8.47.